The summed E-state index contributed by atoms with van der Waals surface area (Å²) in [5, 5.41) is 8.78. The van der Waals surface area contributed by atoms with Gasteiger partial charge in [0.05, 0.1) is 23.3 Å². The van der Waals surface area contributed by atoms with Crippen LogP contribution < -0.4 is 10.3 Å². The normalized spacial score (nSPS) is 11.1. The molecule has 5 rings (SSSR count). The number of hydrogen-bond acceptors (Lipinski definition) is 7. The number of para-hydroxylation sites is 1. The van der Waals surface area contributed by atoms with Crippen molar-refractivity contribution in [2.45, 2.75) is 33.9 Å². The minimum atomic E-state index is -0.216. The lowest BCUT2D eigenvalue weighted by atomic mass is 10.0. The Kier molecular flexibility index (Phi) is 6.86. The van der Waals surface area contributed by atoms with Crippen LogP contribution in [0.5, 0.6) is 5.75 Å². The largest absolute Gasteiger partial charge is 0.487 e. The van der Waals surface area contributed by atoms with Gasteiger partial charge in [-0.2, -0.15) is 0 Å². The van der Waals surface area contributed by atoms with Crippen LogP contribution in [-0.4, -0.2) is 25.2 Å². The Balaban J connectivity index is 1.50. The van der Waals surface area contributed by atoms with Crippen LogP contribution in [0, 0.1) is 19.3 Å². The molecule has 9 heteroatoms. The fourth-order valence-corrected chi connectivity index (χ4v) is 5.10. The molecular formula is C28H24ClN5O2S. The Morgan fingerprint density at radius 3 is 2.76 bits per heavy atom. The monoisotopic (exact) mass is 529 g/mol. The topological polar surface area (TPSA) is 93.8 Å². The zero-order valence-electron chi connectivity index (χ0n) is 20.6. The molecule has 1 aromatic carbocycles. The number of aryl methyl sites for hydroxylation is 2. The van der Waals surface area contributed by atoms with Gasteiger partial charge in [0.25, 0.3) is 5.56 Å². The van der Waals surface area contributed by atoms with Crippen molar-refractivity contribution in [1.82, 2.24) is 19.5 Å². The Bertz CT molecular complexity index is 1710. The second kappa shape index (κ2) is 10.2. The van der Waals surface area contributed by atoms with Gasteiger partial charge in [-0.15, -0.1) is 11.3 Å². The maximum absolute atomic E-state index is 12.9. The molecule has 5 aromatic rings. The number of fused-ring (bicyclic) bond motifs is 1. The summed E-state index contributed by atoms with van der Waals surface area (Å²) in [4.78, 5) is 26.7. The van der Waals surface area contributed by atoms with Crippen molar-refractivity contribution in [1.29, 1.82) is 5.41 Å². The molecule has 0 aliphatic heterocycles. The number of rotatable bonds is 7. The maximum atomic E-state index is 12.9. The fourth-order valence-electron chi connectivity index (χ4n) is 4.31. The number of benzene rings is 1. The van der Waals surface area contributed by atoms with Gasteiger partial charge in [0.1, 0.15) is 27.9 Å². The molecule has 37 heavy (non-hydrogen) atoms. The number of aromatic nitrogens is 4. The molecule has 0 unspecified atom stereocenters. The molecular weight excluding hydrogens is 506 g/mol. The lowest BCUT2D eigenvalue weighted by molar-refractivity contribution is 0.306. The molecule has 0 atom stereocenters. The van der Waals surface area contributed by atoms with Crippen molar-refractivity contribution in [3.8, 4) is 17.0 Å². The summed E-state index contributed by atoms with van der Waals surface area (Å²) in [5.74, 6) is 0.640. The fraction of sp³-hybridized carbons (Fsp3) is 0.179. The second-order valence-electron chi connectivity index (χ2n) is 8.76. The van der Waals surface area contributed by atoms with E-state index in [0.717, 1.165) is 44.7 Å². The molecule has 0 saturated heterocycles. The highest BCUT2D eigenvalue weighted by atomic mass is 35.5. The summed E-state index contributed by atoms with van der Waals surface area (Å²) in [7, 11) is 0. The standard InChI is InChI=1S/C28H24ClN5O2S/c1-16-9-10-31-23(13-34-11-5-7-19(18(3)30)28(34)35)22(16)14-36-24-8-4-6-20-21(12-17(2)33-25(20)24)26-27(29)37-15-32-26/h4-12,15,30H,13-14H2,1-3H3. The van der Waals surface area contributed by atoms with Crippen molar-refractivity contribution < 1.29 is 4.74 Å². The van der Waals surface area contributed by atoms with Gasteiger partial charge in [-0.05, 0) is 56.7 Å². The number of ether oxygens (including phenoxy) is 1. The summed E-state index contributed by atoms with van der Waals surface area (Å²) in [6.07, 6.45) is 3.45. The summed E-state index contributed by atoms with van der Waals surface area (Å²) in [5.41, 5.74) is 7.99. The van der Waals surface area contributed by atoms with E-state index in [1.165, 1.54) is 11.3 Å². The molecule has 0 saturated carbocycles. The molecule has 0 aliphatic rings. The Morgan fingerprint density at radius 2 is 2.00 bits per heavy atom. The molecule has 1 N–H and O–H groups in total. The van der Waals surface area contributed by atoms with Crippen LogP contribution in [0.1, 0.15) is 35.0 Å². The molecule has 4 aromatic heterocycles. The number of pyridine rings is 3. The predicted octanol–water partition coefficient (Wildman–Crippen LogP) is 6.20. The maximum Gasteiger partial charge on any atom is 0.259 e. The predicted molar refractivity (Wildman–Crippen MR) is 148 cm³/mol. The molecule has 0 aliphatic carbocycles. The van der Waals surface area contributed by atoms with E-state index in [9.17, 15) is 4.79 Å². The summed E-state index contributed by atoms with van der Waals surface area (Å²) in [6.45, 7) is 6.08. The first-order valence-electron chi connectivity index (χ1n) is 11.6. The van der Waals surface area contributed by atoms with Crippen molar-refractivity contribution in [2.75, 3.05) is 0 Å². The van der Waals surface area contributed by atoms with Crippen LogP contribution in [0.4, 0.5) is 0 Å². The van der Waals surface area contributed by atoms with Crippen LogP contribution in [0.3, 0.4) is 0 Å². The van der Waals surface area contributed by atoms with Gasteiger partial charge in [0, 0.05) is 40.3 Å². The SMILES string of the molecule is CC(=N)c1cccn(Cc2nccc(C)c2COc2cccc3c(-c4ncsc4Cl)cc(C)nc23)c1=O. The Morgan fingerprint density at radius 1 is 1.16 bits per heavy atom. The van der Waals surface area contributed by atoms with Gasteiger partial charge in [0.2, 0.25) is 0 Å². The van der Waals surface area contributed by atoms with Crippen LogP contribution in [0.2, 0.25) is 4.34 Å². The minimum absolute atomic E-state index is 0.216. The summed E-state index contributed by atoms with van der Waals surface area (Å²) in [6, 6.07) is 13.2. The molecule has 0 radical (unpaired) electrons. The van der Waals surface area contributed by atoms with E-state index in [1.807, 2.05) is 44.2 Å². The highest BCUT2D eigenvalue weighted by Crippen LogP contribution is 2.37. The minimum Gasteiger partial charge on any atom is -0.487 e. The number of thiazole rings is 1. The number of nitrogens with zero attached hydrogens (tertiary/aromatic N) is 4. The molecule has 186 valence electrons. The van der Waals surface area contributed by atoms with Gasteiger partial charge in [-0.3, -0.25) is 9.78 Å². The third kappa shape index (κ3) is 4.90. The molecule has 7 nitrogen and oxygen atoms in total. The highest BCUT2D eigenvalue weighted by Gasteiger charge is 2.16. The second-order valence-corrected chi connectivity index (χ2v) is 10.2. The Hall–Kier alpha value is -3.88. The van der Waals surface area contributed by atoms with Gasteiger partial charge < -0.3 is 14.7 Å². The quantitative estimate of drug-likeness (QED) is 0.253. The first-order chi connectivity index (χ1) is 17.8. The van der Waals surface area contributed by atoms with Gasteiger partial charge in [-0.25, -0.2) is 9.97 Å². The molecule has 0 fully saturated rings. The van der Waals surface area contributed by atoms with E-state index < -0.39 is 0 Å². The lowest BCUT2D eigenvalue weighted by Crippen LogP contribution is -2.26. The zero-order chi connectivity index (χ0) is 26.1. The van der Waals surface area contributed by atoms with E-state index in [-0.39, 0.29) is 24.4 Å². The van der Waals surface area contributed by atoms with Crippen LogP contribution in [-0.2, 0) is 13.2 Å². The first kappa shape index (κ1) is 24.8. The third-order valence-corrected chi connectivity index (χ3v) is 7.26. The summed E-state index contributed by atoms with van der Waals surface area (Å²) >= 11 is 7.80. The third-order valence-electron chi connectivity index (χ3n) is 6.21. The van der Waals surface area contributed by atoms with Crippen LogP contribution >= 0.6 is 22.9 Å². The van der Waals surface area contributed by atoms with Crippen LogP contribution in [0.15, 0.2) is 65.2 Å². The van der Waals surface area contributed by atoms with Gasteiger partial charge in [0.15, 0.2) is 0 Å². The number of hydrogen-bond donors (Lipinski definition) is 1. The highest BCUT2D eigenvalue weighted by molar-refractivity contribution is 7.14. The van der Waals surface area contributed by atoms with Crippen LogP contribution in [0.25, 0.3) is 22.2 Å². The van der Waals surface area contributed by atoms with Gasteiger partial charge in [-0.1, -0.05) is 23.7 Å². The number of nitrogens with one attached hydrogen (secondary N) is 1. The average molecular weight is 530 g/mol. The van der Waals surface area contributed by atoms with E-state index in [2.05, 4.69) is 9.97 Å². The van der Waals surface area contributed by atoms with E-state index >= 15 is 0 Å². The zero-order valence-corrected chi connectivity index (χ0v) is 22.2. The van der Waals surface area contributed by atoms with Crippen molar-refractivity contribution in [2.24, 2.45) is 0 Å². The smallest absolute Gasteiger partial charge is 0.259 e. The van der Waals surface area contributed by atoms with E-state index in [1.54, 1.807) is 41.5 Å². The Labute approximate surface area is 222 Å². The molecule has 4 heterocycles. The van der Waals surface area contributed by atoms with E-state index in [4.69, 9.17) is 26.7 Å². The lowest BCUT2D eigenvalue weighted by Gasteiger charge is -2.16. The number of halogens is 1. The van der Waals surface area contributed by atoms with Crippen molar-refractivity contribution >= 4 is 39.6 Å². The molecule has 0 spiro atoms. The van der Waals surface area contributed by atoms with E-state index in [0.29, 0.717) is 15.6 Å². The molecule has 0 bridgehead atoms. The summed E-state index contributed by atoms with van der Waals surface area (Å²) < 4.78 is 8.55. The average Bonchev–Trinajstić information content (AvgIpc) is 3.30. The van der Waals surface area contributed by atoms with Gasteiger partial charge >= 0.3 is 0 Å². The molecule has 0 amide bonds. The van der Waals surface area contributed by atoms with Crippen molar-refractivity contribution in [3.05, 3.63) is 103 Å². The first-order valence-corrected chi connectivity index (χ1v) is 12.9. The van der Waals surface area contributed by atoms with Crippen molar-refractivity contribution in [3.63, 3.8) is 0 Å².